The van der Waals surface area contributed by atoms with Crippen LogP contribution in [0.15, 0.2) is 131 Å². The number of rotatable bonds is 14. The molecule has 0 bridgehead atoms. The topological polar surface area (TPSA) is 109 Å². The first-order valence-corrected chi connectivity index (χ1v) is 29.1. The lowest BCUT2D eigenvalue weighted by molar-refractivity contribution is 0.251. The Morgan fingerprint density at radius 1 is 0.529 bits per heavy atom. The predicted molar refractivity (Wildman–Crippen MR) is 294 cm³/mol. The van der Waals surface area contributed by atoms with Crippen LogP contribution in [0.4, 0.5) is 10.7 Å². The zero-order valence-electron chi connectivity index (χ0n) is 42.0. The van der Waals surface area contributed by atoms with Gasteiger partial charge in [0.1, 0.15) is 0 Å². The summed E-state index contributed by atoms with van der Waals surface area (Å²) in [6.45, 7) is 30.4. The molecule has 0 atom stereocenters. The second-order valence-electron chi connectivity index (χ2n) is 21.0. The van der Waals surface area contributed by atoms with E-state index in [-0.39, 0.29) is 19.0 Å². The minimum Gasteiger partial charge on any atom is -0.334 e. The molecule has 10 heteroatoms. The monoisotopic (exact) mass is 939 g/mol. The maximum absolute atomic E-state index is 12.9. The molecule has 8 rings (SSSR count). The van der Waals surface area contributed by atoms with Gasteiger partial charge in [-0.2, -0.15) is 4.98 Å². The van der Waals surface area contributed by atoms with Gasteiger partial charge >= 0.3 is 17.4 Å². The van der Waals surface area contributed by atoms with Gasteiger partial charge in [0.25, 0.3) is 0 Å². The van der Waals surface area contributed by atoms with Crippen molar-refractivity contribution in [2.75, 3.05) is 5.32 Å². The minimum atomic E-state index is -2.27. The lowest BCUT2D eigenvalue weighted by Crippen LogP contribution is -2.59. The van der Waals surface area contributed by atoms with E-state index in [1.807, 2.05) is 42.5 Å². The van der Waals surface area contributed by atoms with Gasteiger partial charge in [-0.1, -0.05) is 174 Å². The molecule has 3 N–H and O–H groups in total. The van der Waals surface area contributed by atoms with Gasteiger partial charge in [0.2, 0.25) is 5.95 Å². The Balaban J connectivity index is 1.21. The normalized spacial score (nSPS) is 12.6. The van der Waals surface area contributed by atoms with E-state index in [0.29, 0.717) is 33.2 Å². The van der Waals surface area contributed by atoms with Crippen LogP contribution in [0.3, 0.4) is 0 Å². The summed E-state index contributed by atoms with van der Waals surface area (Å²) in [5, 5.41) is 19.7. The number of fused-ring (bicyclic) bond motifs is 4. The van der Waals surface area contributed by atoms with Gasteiger partial charge in [0.05, 0.1) is 22.7 Å². The Morgan fingerprint density at radius 3 is 1.44 bits per heavy atom. The Labute approximate surface area is 403 Å². The number of H-pyrrole nitrogens is 1. The predicted octanol–water partition coefficient (Wildman–Crippen LogP) is 13.4. The van der Waals surface area contributed by atoms with Crippen molar-refractivity contribution in [1.82, 2.24) is 19.9 Å². The van der Waals surface area contributed by atoms with Crippen LogP contribution in [0.2, 0.25) is 33.2 Å². The summed E-state index contributed by atoms with van der Waals surface area (Å²) in [5.74, 6) is -0.210. The van der Waals surface area contributed by atoms with Crippen molar-refractivity contribution in [3.8, 4) is 11.1 Å². The standard InChI is InChI=1S/C58H69N5O3Si2/c1-35(2)67(36(3)4,37(5)6)53-49-29-44-20-16-17-21-45(44)30-50(49)54(68(38(7)8,39(9)10)40(11)12)52-32-48-28-46(26-27-47(48)31-51(52)53)43-24-22-41(23-25-43)33-59-56(64)60-55-61-57(65)63(58(66)62-55)34-42-18-14-13-15-19-42/h13-32,35-40H,33-34H2,1-12H3,(H3,59,60,61,62,64,65,66). The van der Waals surface area contributed by atoms with Crippen LogP contribution in [0, 0.1) is 0 Å². The first-order valence-electron chi connectivity index (χ1n) is 24.7. The third-order valence-electron chi connectivity index (χ3n) is 15.6. The molecule has 0 aliphatic rings. The van der Waals surface area contributed by atoms with Gasteiger partial charge in [0.15, 0.2) is 0 Å². The van der Waals surface area contributed by atoms with Crippen molar-refractivity contribution in [2.45, 2.75) is 129 Å². The number of carbonyl (C=O) groups is 1. The number of aromatic amines is 1. The maximum atomic E-state index is 12.9. The summed E-state index contributed by atoms with van der Waals surface area (Å²) in [7, 11) is -4.51. The zero-order chi connectivity index (χ0) is 48.8. The molecular weight excluding hydrogens is 871 g/mol. The number of hydrogen-bond acceptors (Lipinski definition) is 4. The Kier molecular flexibility index (Phi) is 13.6. The summed E-state index contributed by atoms with van der Waals surface area (Å²) in [5.41, 5.74) is 5.69. The highest BCUT2D eigenvalue weighted by atomic mass is 28.3. The summed E-state index contributed by atoms with van der Waals surface area (Å²) >= 11 is 0. The fraction of sp³-hybridized carbons (Fsp3) is 0.345. The van der Waals surface area contributed by atoms with E-state index >= 15 is 0 Å². The third kappa shape index (κ3) is 8.44. The lowest BCUT2D eigenvalue weighted by Gasteiger charge is -2.48. The molecule has 0 radical (unpaired) electrons. The molecule has 0 unspecified atom stereocenters. The van der Waals surface area contributed by atoms with Gasteiger partial charge in [-0.3, -0.25) is 10.3 Å². The molecule has 0 aliphatic heterocycles. The van der Waals surface area contributed by atoms with E-state index in [9.17, 15) is 14.4 Å². The molecular formula is C58H69N5O3Si2. The van der Waals surface area contributed by atoms with Crippen LogP contribution < -0.4 is 32.4 Å². The molecule has 0 aliphatic carbocycles. The highest BCUT2D eigenvalue weighted by Gasteiger charge is 2.50. The Morgan fingerprint density at radius 2 is 0.971 bits per heavy atom. The SMILES string of the molecule is CC(C)[Si](c1c2cc3ccccc3cc2c([Si](C(C)C)(C(C)C)C(C)C)c2cc3cc(-c4ccc(CNC(=O)Nc5nc(=O)n(Cc6ccccc6)c(=O)[nH]5)cc4)ccc3cc12)(C(C)C)C(C)C. The van der Waals surface area contributed by atoms with Crippen LogP contribution in [0.1, 0.15) is 94.2 Å². The molecule has 352 valence electrons. The van der Waals surface area contributed by atoms with Crippen molar-refractivity contribution in [3.63, 3.8) is 0 Å². The number of benzene rings is 7. The first kappa shape index (κ1) is 48.4. The minimum absolute atomic E-state index is 0.0751. The van der Waals surface area contributed by atoms with E-state index in [0.717, 1.165) is 26.8 Å². The molecule has 8 aromatic rings. The van der Waals surface area contributed by atoms with Gasteiger partial charge in [-0.05, 0) is 139 Å². The number of aromatic nitrogens is 3. The molecule has 8 nitrogen and oxygen atoms in total. The molecule has 2 amide bonds. The number of nitrogens with zero attached hydrogens (tertiary/aromatic N) is 2. The van der Waals surface area contributed by atoms with Gasteiger partial charge < -0.3 is 5.32 Å². The molecule has 1 aromatic heterocycles. The molecule has 0 saturated heterocycles. The van der Waals surface area contributed by atoms with Crippen molar-refractivity contribution in [3.05, 3.63) is 153 Å². The molecule has 0 spiro atoms. The van der Waals surface area contributed by atoms with E-state index in [4.69, 9.17) is 0 Å². The number of nitrogens with one attached hydrogen (secondary N) is 3. The van der Waals surface area contributed by atoms with Crippen molar-refractivity contribution < 1.29 is 4.79 Å². The fourth-order valence-electron chi connectivity index (χ4n) is 13.1. The summed E-state index contributed by atoms with van der Waals surface area (Å²) < 4.78 is 0.992. The van der Waals surface area contributed by atoms with E-state index in [1.54, 1.807) is 10.4 Å². The fourth-order valence-corrected chi connectivity index (χ4v) is 27.2. The summed E-state index contributed by atoms with van der Waals surface area (Å²) in [6.07, 6.45) is 0. The van der Waals surface area contributed by atoms with E-state index < -0.39 is 33.6 Å². The van der Waals surface area contributed by atoms with Crippen LogP contribution in [0.5, 0.6) is 0 Å². The molecule has 1 heterocycles. The second kappa shape index (κ2) is 19.1. The third-order valence-corrected chi connectivity index (χ3v) is 29.9. The van der Waals surface area contributed by atoms with Crippen molar-refractivity contribution in [1.29, 1.82) is 0 Å². The van der Waals surface area contributed by atoms with Crippen molar-refractivity contribution >= 4 is 81.6 Å². The van der Waals surface area contributed by atoms with Crippen molar-refractivity contribution in [2.24, 2.45) is 0 Å². The zero-order valence-corrected chi connectivity index (χ0v) is 44.0. The average molecular weight is 940 g/mol. The highest BCUT2D eigenvalue weighted by molar-refractivity contribution is 7.01. The smallest absolute Gasteiger partial charge is 0.334 e. The number of carbonyl (C=O) groups excluding carboxylic acids is 1. The van der Waals surface area contributed by atoms with E-state index in [2.05, 4.69) is 183 Å². The number of amides is 2. The molecule has 0 saturated carbocycles. The van der Waals surface area contributed by atoms with Crippen LogP contribution in [0.25, 0.3) is 54.2 Å². The lowest BCUT2D eigenvalue weighted by atomic mass is 9.95. The van der Waals surface area contributed by atoms with Crippen LogP contribution >= 0.6 is 0 Å². The number of urea groups is 1. The van der Waals surface area contributed by atoms with Gasteiger partial charge in [0, 0.05) is 6.54 Å². The second-order valence-corrected chi connectivity index (χ2v) is 32.7. The van der Waals surface area contributed by atoms with E-state index in [1.165, 1.54) is 43.1 Å². The Hall–Kier alpha value is -6.11. The van der Waals surface area contributed by atoms with Crippen LogP contribution in [-0.2, 0) is 13.1 Å². The number of hydrogen-bond donors (Lipinski definition) is 3. The molecule has 0 fully saturated rings. The number of anilines is 1. The Bertz CT molecular complexity index is 3210. The summed E-state index contributed by atoms with van der Waals surface area (Å²) in [4.78, 5) is 44.7. The first-order chi connectivity index (χ1) is 32.4. The maximum Gasteiger partial charge on any atom is 0.355 e. The van der Waals surface area contributed by atoms with Crippen LogP contribution in [-0.4, -0.2) is 36.7 Å². The molecule has 68 heavy (non-hydrogen) atoms. The average Bonchev–Trinajstić information content (AvgIpc) is 3.29. The van der Waals surface area contributed by atoms with Gasteiger partial charge in [-0.15, -0.1) is 0 Å². The quantitative estimate of drug-likeness (QED) is 0.0745. The van der Waals surface area contributed by atoms with Gasteiger partial charge in [-0.25, -0.2) is 19.0 Å². The summed E-state index contributed by atoms with van der Waals surface area (Å²) in [6, 6.07) is 43.1. The highest BCUT2D eigenvalue weighted by Crippen LogP contribution is 2.48. The molecule has 7 aromatic carbocycles. The largest absolute Gasteiger partial charge is 0.355 e.